The largest absolute Gasteiger partial charge is 0.481 e. The topological polar surface area (TPSA) is 70.9 Å². The van der Waals surface area contributed by atoms with Crippen LogP contribution in [0.5, 0.6) is 0 Å². The molecule has 158 valence electrons. The molecule has 0 spiro atoms. The molecular formula is C25H24FN3O2. The molecule has 4 aromatic rings. The predicted molar refractivity (Wildman–Crippen MR) is 117 cm³/mol. The molecule has 6 rings (SSSR count). The molecule has 0 radical (unpaired) electrons. The highest BCUT2D eigenvalue weighted by Gasteiger charge is 2.44. The van der Waals surface area contributed by atoms with Crippen LogP contribution in [0.15, 0.2) is 48.9 Å². The van der Waals surface area contributed by atoms with Gasteiger partial charge in [0, 0.05) is 34.9 Å². The maximum atomic E-state index is 13.8. The first kappa shape index (κ1) is 18.6. The van der Waals surface area contributed by atoms with Crippen LogP contribution in [0.3, 0.4) is 0 Å². The van der Waals surface area contributed by atoms with E-state index in [1.165, 1.54) is 18.7 Å². The van der Waals surface area contributed by atoms with E-state index in [-0.39, 0.29) is 17.8 Å². The van der Waals surface area contributed by atoms with Gasteiger partial charge in [0.25, 0.3) is 0 Å². The Labute approximate surface area is 178 Å². The molecule has 1 aromatic carbocycles. The number of fused-ring (bicyclic) bond motifs is 4. The average molecular weight is 417 g/mol. The molecule has 2 N–H and O–H groups in total. The Balaban J connectivity index is 1.49. The molecular weight excluding hydrogens is 393 g/mol. The van der Waals surface area contributed by atoms with E-state index in [0.29, 0.717) is 17.5 Å². The Morgan fingerprint density at radius 3 is 2.97 bits per heavy atom. The molecule has 2 aliphatic rings. The molecule has 0 amide bonds. The molecule has 0 saturated heterocycles. The zero-order valence-corrected chi connectivity index (χ0v) is 17.1. The van der Waals surface area contributed by atoms with E-state index in [0.717, 1.165) is 53.1 Å². The summed E-state index contributed by atoms with van der Waals surface area (Å²) in [5.74, 6) is -0.454. The van der Waals surface area contributed by atoms with Gasteiger partial charge in [-0.25, -0.2) is 9.37 Å². The number of carbonyl (C=O) groups is 1. The highest BCUT2D eigenvalue weighted by atomic mass is 19.1. The Hall–Kier alpha value is -3.15. The second-order valence-electron chi connectivity index (χ2n) is 9.21. The van der Waals surface area contributed by atoms with Crippen molar-refractivity contribution < 1.29 is 14.3 Å². The Bertz CT molecular complexity index is 1310. The second-order valence-corrected chi connectivity index (χ2v) is 9.21. The van der Waals surface area contributed by atoms with Gasteiger partial charge in [-0.15, -0.1) is 0 Å². The van der Waals surface area contributed by atoms with E-state index >= 15 is 0 Å². The van der Waals surface area contributed by atoms with Gasteiger partial charge in [0.15, 0.2) is 0 Å². The highest BCUT2D eigenvalue weighted by Crippen LogP contribution is 2.49. The number of halogens is 1. The van der Waals surface area contributed by atoms with E-state index < -0.39 is 5.97 Å². The first-order valence-electron chi connectivity index (χ1n) is 11.0. The SMILES string of the molecule is O=C(O)[C@@H]1CC2CCCC(C2)[C@H]1n1ccc2ccc(-c3c[nH]c4ncc(F)cc34)cc21. The highest BCUT2D eigenvalue weighted by molar-refractivity contribution is 5.96. The molecule has 31 heavy (non-hydrogen) atoms. The molecule has 2 bridgehead atoms. The molecule has 2 aliphatic carbocycles. The number of rotatable bonds is 3. The normalized spacial score (nSPS) is 25.8. The number of pyridine rings is 1. The molecule has 4 atom stereocenters. The number of H-pyrrole nitrogens is 1. The van der Waals surface area contributed by atoms with Crippen LogP contribution in [0.4, 0.5) is 4.39 Å². The van der Waals surface area contributed by atoms with E-state index in [9.17, 15) is 14.3 Å². The van der Waals surface area contributed by atoms with Crippen LogP contribution in [-0.4, -0.2) is 25.6 Å². The third kappa shape index (κ3) is 2.96. The molecule has 3 aromatic heterocycles. The van der Waals surface area contributed by atoms with Gasteiger partial charge in [-0.3, -0.25) is 4.79 Å². The van der Waals surface area contributed by atoms with Crippen LogP contribution < -0.4 is 0 Å². The summed E-state index contributed by atoms with van der Waals surface area (Å²) < 4.78 is 16.0. The molecule has 5 nitrogen and oxygen atoms in total. The van der Waals surface area contributed by atoms with Gasteiger partial charge in [-0.2, -0.15) is 0 Å². The number of nitrogens with one attached hydrogen (secondary N) is 1. The molecule has 2 saturated carbocycles. The van der Waals surface area contributed by atoms with Crippen LogP contribution in [0.2, 0.25) is 0 Å². The van der Waals surface area contributed by atoms with E-state index in [2.05, 4.69) is 38.9 Å². The van der Waals surface area contributed by atoms with Crippen LogP contribution in [0.1, 0.15) is 38.1 Å². The van der Waals surface area contributed by atoms with Gasteiger partial charge < -0.3 is 14.7 Å². The van der Waals surface area contributed by atoms with Crippen LogP contribution in [0.25, 0.3) is 33.1 Å². The van der Waals surface area contributed by atoms with Crippen molar-refractivity contribution in [2.24, 2.45) is 17.8 Å². The maximum absolute atomic E-state index is 13.8. The number of hydrogen-bond donors (Lipinski definition) is 2. The fourth-order valence-corrected chi connectivity index (χ4v) is 6.15. The Morgan fingerprint density at radius 2 is 2.10 bits per heavy atom. The minimum Gasteiger partial charge on any atom is -0.481 e. The minimum atomic E-state index is -0.683. The summed E-state index contributed by atoms with van der Waals surface area (Å²) in [6, 6.07) is 9.76. The molecule has 0 aliphatic heterocycles. The van der Waals surface area contributed by atoms with Crippen molar-refractivity contribution in [3.63, 3.8) is 0 Å². The number of nitrogens with zero attached hydrogens (tertiary/aromatic N) is 2. The zero-order valence-electron chi connectivity index (χ0n) is 17.1. The lowest BCUT2D eigenvalue weighted by Crippen LogP contribution is -2.40. The number of hydrogen-bond acceptors (Lipinski definition) is 2. The minimum absolute atomic E-state index is 0.0242. The first-order valence-corrected chi connectivity index (χ1v) is 11.0. The third-order valence-electron chi connectivity index (χ3n) is 7.48. The van der Waals surface area contributed by atoms with E-state index in [1.807, 2.05) is 12.3 Å². The monoisotopic (exact) mass is 417 g/mol. The molecule has 3 heterocycles. The first-order chi connectivity index (χ1) is 15.1. The summed E-state index contributed by atoms with van der Waals surface area (Å²) in [7, 11) is 0. The Morgan fingerprint density at radius 1 is 1.19 bits per heavy atom. The summed E-state index contributed by atoms with van der Waals surface area (Å²) in [4.78, 5) is 19.5. The maximum Gasteiger partial charge on any atom is 0.308 e. The fourth-order valence-electron chi connectivity index (χ4n) is 6.15. The lowest BCUT2D eigenvalue weighted by molar-refractivity contribution is -0.147. The summed E-state index contributed by atoms with van der Waals surface area (Å²) in [5.41, 5.74) is 3.55. The molecule has 6 heteroatoms. The standard InChI is InChI=1S/C25H24FN3O2/c26-18-11-19-21(13-28-24(19)27-12-18)16-5-4-15-6-7-29(22(15)10-16)23-17-3-1-2-14(8-17)9-20(23)25(30)31/h4-7,10-14,17,20,23H,1-3,8-9H2,(H,27,28)(H,30,31)/t14?,17?,20-,23-/m1/s1. The number of aromatic amines is 1. The van der Waals surface area contributed by atoms with Gasteiger partial charge in [-0.1, -0.05) is 25.0 Å². The number of carboxylic acid groups (broad SMARTS) is 1. The van der Waals surface area contributed by atoms with Crippen LogP contribution >= 0.6 is 0 Å². The Kier molecular flexibility index (Phi) is 4.16. The van der Waals surface area contributed by atoms with Crippen LogP contribution in [0, 0.1) is 23.6 Å². The number of aliphatic carboxylic acids is 1. The molecule has 2 fully saturated rings. The second kappa shape index (κ2) is 6.94. The van der Waals surface area contributed by atoms with Gasteiger partial charge in [-0.05, 0) is 60.2 Å². The number of carboxylic acids is 1. The average Bonchev–Trinajstić information content (AvgIpc) is 3.37. The van der Waals surface area contributed by atoms with Crippen molar-refractivity contribution >= 4 is 27.9 Å². The van der Waals surface area contributed by atoms with Gasteiger partial charge in [0.2, 0.25) is 0 Å². The lowest BCUT2D eigenvalue weighted by atomic mass is 9.65. The molecule has 2 unspecified atom stereocenters. The zero-order chi connectivity index (χ0) is 21.1. The summed E-state index contributed by atoms with van der Waals surface area (Å²) in [6.45, 7) is 0. The summed E-state index contributed by atoms with van der Waals surface area (Å²) in [5, 5.41) is 11.9. The van der Waals surface area contributed by atoms with Crippen LogP contribution in [-0.2, 0) is 4.79 Å². The fraction of sp³-hybridized carbons (Fsp3) is 0.360. The summed E-state index contributed by atoms with van der Waals surface area (Å²) in [6.07, 6.45) is 10.5. The predicted octanol–water partition coefficient (Wildman–Crippen LogP) is 5.78. The van der Waals surface area contributed by atoms with Crippen molar-refractivity contribution in [3.8, 4) is 11.1 Å². The van der Waals surface area contributed by atoms with Crippen molar-refractivity contribution in [2.45, 2.75) is 38.1 Å². The lowest BCUT2D eigenvalue weighted by Gasteiger charge is -2.44. The van der Waals surface area contributed by atoms with E-state index in [1.54, 1.807) is 0 Å². The van der Waals surface area contributed by atoms with Gasteiger partial charge in [0.1, 0.15) is 11.5 Å². The van der Waals surface area contributed by atoms with Crippen molar-refractivity contribution in [1.29, 1.82) is 0 Å². The van der Waals surface area contributed by atoms with Crippen molar-refractivity contribution in [3.05, 3.63) is 54.7 Å². The van der Waals surface area contributed by atoms with E-state index in [4.69, 9.17) is 0 Å². The van der Waals surface area contributed by atoms with Crippen molar-refractivity contribution in [1.82, 2.24) is 14.5 Å². The van der Waals surface area contributed by atoms with Gasteiger partial charge >= 0.3 is 5.97 Å². The smallest absolute Gasteiger partial charge is 0.308 e. The number of aromatic nitrogens is 3. The van der Waals surface area contributed by atoms with Gasteiger partial charge in [0.05, 0.1) is 12.1 Å². The van der Waals surface area contributed by atoms with Crippen molar-refractivity contribution in [2.75, 3.05) is 0 Å². The number of benzene rings is 1. The third-order valence-corrected chi connectivity index (χ3v) is 7.48. The quantitative estimate of drug-likeness (QED) is 0.444. The summed E-state index contributed by atoms with van der Waals surface area (Å²) >= 11 is 0.